The number of hydrogen-bond donors (Lipinski definition) is 0. The molecule has 0 aliphatic rings. The number of anilines is 1. The molecule has 0 saturated heterocycles. The van der Waals surface area contributed by atoms with Gasteiger partial charge in [-0.2, -0.15) is 0 Å². The molecular formula is C14H15ClN2O2S. The van der Waals surface area contributed by atoms with Crippen molar-refractivity contribution in [3.05, 3.63) is 53.3 Å². The van der Waals surface area contributed by atoms with Crippen molar-refractivity contribution in [3.8, 4) is 0 Å². The number of benzene rings is 1. The number of halogens is 1. The molecule has 0 aliphatic carbocycles. The van der Waals surface area contributed by atoms with Gasteiger partial charge in [-0.15, -0.1) is 0 Å². The molecule has 0 bridgehead atoms. The van der Waals surface area contributed by atoms with Crippen LogP contribution in [0, 0.1) is 0 Å². The molecule has 0 aliphatic heterocycles. The first-order valence-electron chi connectivity index (χ1n) is 6.14. The average Bonchev–Trinajstić information content (AvgIpc) is 2.46. The van der Waals surface area contributed by atoms with E-state index in [2.05, 4.69) is 11.9 Å². The lowest BCUT2D eigenvalue weighted by Crippen LogP contribution is -2.26. The van der Waals surface area contributed by atoms with Crippen molar-refractivity contribution in [2.75, 3.05) is 11.4 Å². The summed E-state index contributed by atoms with van der Waals surface area (Å²) >= 11 is 5.75. The van der Waals surface area contributed by atoms with Crippen molar-refractivity contribution in [2.45, 2.75) is 18.2 Å². The van der Waals surface area contributed by atoms with Crippen LogP contribution in [0.2, 0.25) is 5.15 Å². The normalized spacial score (nSPS) is 11.3. The fraction of sp³-hybridized carbons (Fsp3) is 0.214. The average molecular weight is 311 g/mol. The minimum absolute atomic E-state index is 0.125. The lowest BCUT2D eigenvalue weighted by atomic mass is 10.1. The van der Waals surface area contributed by atoms with Crippen LogP contribution in [0.15, 0.2) is 47.5 Å². The molecule has 0 radical (unpaired) electrons. The zero-order valence-electron chi connectivity index (χ0n) is 11.2. The maximum absolute atomic E-state index is 12.5. The molecule has 1 aromatic heterocycles. The molecule has 20 heavy (non-hydrogen) atoms. The summed E-state index contributed by atoms with van der Waals surface area (Å²) in [6.07, 6.45) is 2.29. The third-order valence-corrected chi connectivity index (χ3v) is 5.05. The van der Waals surface area contributed by atoms with Crippen LogP contribution in [0.5, 0.6) is 0 Å². The van der Waals surface area contributed by atoms with Crippen molar-refractivity contribution >= 4 is 27.3 Å². The highest BCUT2D eigenvalue weighted by Crippen LogP contribution is 2.23. The summed E-state index contributed by atoms with van der Waals surface area (Å²) in [5, 5.41) is 0.154. The van der Waals surface area contributed by atoms with E-state index in [1.54, 1.807) is 12.1 Å². The van der Waals surface area contributed by atoms with E-state index in [1.807, 2.05) is 12.1 Å². The Hall–Kier alpha value is -1.59. The number of pyridine rings is 1. The summed E-state index contributed by atoms with van der Waals surface area (Å²) in [4.78, 5) is 3.92. The fourth-order valence-corrected chi connectivity index (χ4v) is 3.23. The Bertz CT molecular complexity index is 699. The first kappa shape index (κ1) is 14.8. The van der Waals surface area contributed by atoms with E-state index in [0.29, 0.717) is 5.69 Å². The Morgan fingerprint density at radius 2 is 1.85 bits per heavy atom. The maximum atomic E-state index is 12.5. The first-order chi connectivity index (χ1) is 9.45. The molecule has 0 saturated carbocycles. The molecule has 1 aromatic carbocycles. The highest BCUT2D eigenvalue weighted by Gasteiger charge is 2.21. The van der Waals surface area contributed by atoms with E-state index in [4.69, 9.17) is 11.6 Å². The van der Waals surface area contributed by atoms with Crippen LogP contribution < -0.4 is 4.31 Å². The van der Waals surface area contributed by atoms with Crippen LogP contribution >= 0.6 is 11.6 Å². The van der Waals surface area contributed by atoms with Crippen molar-refractivity contribution in [2.24, 2.45) is 0 Å². The van der Waals surface area contributed by atoms with Gasteiger partial charge in [0.05, 0.1) is 10.6 Å². The monoisotopic (exact) mass is 310 g/mol. The standard InChI is InChI=1S/C14H15ClN2O2S/c1-3-11-4-6-12(7-5-11)17(2)20(18,19)13-8-9-16-14(15)10-13/h4-10H,3H2,1-2H3. The van der Waals surface area contributed by atoms with Crippen LogP contribution in [0.4, 0.5) is 5.69 Å². The number of nitrogens with zero attached hydrogens (tertiary/aromatic N) is 2. The second-order valence-electron chi connectivity index (χ2n) is 4.31. The second kappa shape index (κ2) is 5.81. The van der Waals surface area contributed by atoms with Gasteiger partial charge in [0.15, 0.2) is 0 Å². The Balaban J connectivity index is 2.37. The highest BCUT2D eigenvalue weighted by atomic mass is 35.5. The molecule has 0 spiro atoms. The quantitative estimate of drug-likeness (QED) is 0.815. The number of sulfonamides is 1. The molecule has 4 nitrogen and oxygen atoms in total. The van der Waals surface area contributed by atoms with Gasteiger partial charge >= 0.3 is 0 Å². The van der Waals surface area contributed by atoms with Crippen LogP contribution in [0.25, 0.3) is 0 Å². The summed E-state index contributed by atoms with van der Waals surface area (Å²) in [6, 6.07) is 10.2. The van der Waals surface area contributed by atoms with E-state index in [9.17, 15) is 8.42 Å². The van der Waals surface area contributed by atoms with Gasteiger partial charge in [0.1, 0.15) is 5.15 Å². The van der Waals surface area contributed by atoms with Gasteiger partial charge in [0.25, 0.3) is 10.0 Å². The molecule has 0 fully saturated rings. The summed E-state index contributed by atoms with van der Waals surface area (Å²) in [5.41, 5.74) is 1.77. The van der Waals surface area contributed by atoms with Crippen molar-refractivity contribution in [3.63, 3.8) is 0 Å². The molecule has 106 valence electrons. The van der Waals surface area contributed by atoms with Gasteiger partial charge in [-0.3, -0.25) is 4.31 Å². The second-order valence-corrected chi connectivity index (χ2v) is 6.66. The Morgan fingerprint density at radius 1 is 1.20 bits per heavy atom. The zero-order valence-corrected chi connectivity index (χ0v) is 12.8. The summed E-state index contributed by atoms with van der Waals surface area (Å²) in [5.74, 6) is 0. The predicted octanol–water partition coefficient (Wildman–Crippen LogP) is 3.12. The summed E-state index contributed by atoms with van der Waals surface area (Å²) < 4.78 is 26.2. The Labute approximate surface area is 124 Å². The van der Waals surface area contributed by atoms with Gasteiger partial charge in [0.2, 0.25) is 0 Å². The largest absolute Gasteiger partial charge is 0.269 e. The van der Waals surface area contributed by atoms with E-state index >= 15 is 0 Å². The Kier molecular flexibility index (Phi) is 4.30. The third-order valence-electron chi connectivity index (χ3n) is 3.06. The molecule has 6 heteroatoms. The minimum atomic E-state index is -3.63. The van der Waals surface area contributed by atoms with Gasteiger partial charge < -0.3 is 0 Å². The minimum Gasteiger partial charge on any atom is -0.269 e. The number of hydrogen-bond acceptors (Lipinski definition) is 3. The zero-order chi connectivity index (χ0) is 14.8. The fourth-order valence-electron chi connectivity index (χ4n) is 1.78. The predicted molar refractivity (Wildman–Crippen MR) is 80.7 cm³/mol. The van der Waals surface area contributed by atoms with E-state index in [0.717, 1.165) is 12.0 Å². The molecule has 1 heterocycles. The number of aryl methyl sites for hydroxylation is 1. The van der Waals surface area contributed by atoms with Gasteiger partial charge in [-0.05, 0) is 36.2 Å². The summed E-state index contributed by atoms with van der Waals surface area (Å²) in [6.45, 7) is 2.05. The van der Waals surface area contributed by atoms with Crippen LogP contribution in [-0.4, -0.2) is 20.4 Å². The van der Waals surface area contributed by atoms with Crippen LogP contribution in [-0.2, 0) is 16.4 Å². The van der Waals surface area contributed by atoms with Crippen molar-refractivity contribution in [1.82, 2.24) is 4.98 Å². The summed E-state index contributed by atoms with van der Waals surface area (Å²) in [7, 11) is -2.11. The number of aromatic nitrogens is 1. The Morgan fingerprint density at radius 3 is 2.40 bits per heavy atom. The highest BCUT2D eigenvalue weighted by molar-refractivity contribution is 7.92. The molecule has 0 atom stereocenters. The first-order valence-corrected chi connectivity index (χ1v) is 7.96. The molecule has 2 rings (SSSR count). The van der Waals surface area contributed by atoms with Crippen LogP contribution in [0.1, 0.15) is 12.5 Å². The number of rotatable bonds is 4. The van der Waals surface area contributed by atoms with E-state index in [1.165, 1.54) is 29.7 Å². The van der Waals surface area contributed by atoms with Crippen molar-refractivity contribution < 1.29 is 8.42 Å². The van der Waals surface area contributed by atoms with Gasteiger partial charge in [0, 0.05) is 13.2 Å². The van der Waals surface area contributed by atoms with Gasteiger partial charge in [-0.25, -0.2) is 13.4 Å². The SMILES string of the molecule is CCc1ccc(N(C)S(=O)(=O)c2ccnc(Cl)c2)cc1. The molecule has 0 amide bonds. The molecular weight excluding hydrogens is 296 g/mol. The van der Waals surface area contributed by atoms with Crippen LogP contribution in [0.3, 0.4) is 0 Å². The topological polar surface area (TPSA) is 50.3 Å². The molecule has 0 N–H and O–H groups in total. The van der Waals surface area contributed by atoms with Crippen molar-refractivity contribution in [1.29, 1.82) is 0 Å². The lowest BCUT2D eigenvalue weighted by Gasteiger charge is -2.19. The smallest absolute Gasteiger partial charge is 0.264 e. The van der Waals surface area contributed by atoms with Gasteiger partial charge in [-0.1, -0.05) is 30.7 Å². The van der Waals surface area contributed by atoms with E-state index in [-0.39, 0.29) is 10.0 Å². The lowest BCUT2D eigenvalue weighted by molar-refractivity contribution is 0.594. The molecule has 0 unspecified atom stereocenters. The van der Waals surface area contributed by atoms with E-state index < -0.39 is 10.0 Å². The third kappa shape index (κ3) is 2.94. The maximum Gasteiger partial charge on any atom is 0.264 e. The molecule has 2 aromatic rings.